The van der Waals surface area contributed by atoms with Gasteiger partial charge >= 0.3 is 11.9 Å². The predicted octanol–water partition coefficient (Wildman–Crippen LogP) is -0.0675. The van der Waals surface area contributed by atoms with E-state index in [0.717, 1.165) is 0 Å². The summed E-state index contributed by atoms with van der Waals surface area (Å²) in [6.45, 7) is 0. The van der Waals surface area contributed by atoms with E-state index in [2.05, 4.69) is 17.4 Å². The molecule has 0 radical (unpaired) electrons. The molecule has 1 saturated heterocycles. The van der Waals surface area contributed by atoms with E-state index in [1.54, 1.807) is 0 Å². The Bertz CT molecular complexity index is 191. The number of carbonyl (C=O) groups excluding carboxylic acids is 1. The van der Waals surface area contributed by atoms with E-state index in [1.165, 1.54) is 0 Å². The minimum Gasteiger partial charge on any atom is -0.479 e. The van der Waals surface area contributed by atoms with Crippen LogP contribution >= 0.6 is 12.6 Å². The molecular weight excluding hydrogens is 168 g/mol. The summed E-state index contributed by atoms with van der Waals surface area (Å²) >= 11 is 3.89. The Labute approximate surface area is 68.9 Å². The molecule has 1 N–H and O–H groups in total. The number of ether oxygens (including phenoxy) is 1. The lowest BCUT2D eigenvalue weighted by molar-refractivity contribution is -0.157. The Balaban J connectivity index is 2.56. The number of rotatable bonds is 2. The third-order valence-electron chi connectivity index (χ3n) is 1.59. The molecule has 0 unspecified atom stereocenters. The molecule has 4 nitrogen and oxygen atoms in total. The van der Waals surface area contributed by atoms with Gasteiger partial charge in [-0.1, -0.05) is 0 Å². The molecule has 0 saturated carbocycles. The second-order valence-corrected chi connectivity index (χ2v) is 2.74. The lowest BCUT2D eigenvalue weighted by Gasteiger charge is -1.99. The molecule has 1 aliphatic rings. The maximum absolute atomic E-state index is 10.8. The van der Waals surface area contributed by atoms with Crippen molar-refractivity contribution in [1.29, 1.82) is 0 Å². The van der Waals surface area contributed by atoms with Gasteiger partial charge < -0.3 is 9.84 Å². The first kappa shape index (κ1) is 8.39. The van der Waals surface area contributed by atoms with Crippen molar-refractivity contribution in [2.75, 3.05) is 5.75 Å². The lowest BCUT2D eigenvalue weighted by Crippen LogP contribution is -2.18. The molecule has 1 heterocycles. The van der Waals surface area contributed by atoms with Crippen molar-refractivity contribution in [1.82, 2.24) is 0 Å². The highest BCUT2D eigenvalue weighted by Crippen LogP contribution is 2.21. The fourth-order valence-corrected chi connectivity index (χ4v) is 1.24. The second-order valence-electron chi connectivity index (χ2n) is 2.38. The molecule has 1 rings (SSSR count). The summed E-state index contributed by atoms with van der Waals surface area (Å²) in [5, 5.41) is 8.44. The third-order valence-corrected chi connectivity index (χ3v) is 2.03. The highest BCUT2D eigenvalue weighted by molar-refractivity contribution is 7.80. The van der Waals surface area contributed by atoms with Gasteiger partial charge in [-0.3, -0.25) is 4.79 Å². The van der Waals surface area contributed by atoms with Crippen LogP contribution in [0.3, 0.4) is 0 Å². The molecule has 62 valence electrons. The van der Waals surface area contributed by atoms with Gasteiger partial charge in [-0.15, -0.1) is 0 Å². The smallest absolute Gasteiger partial charge is 0.345 e. The lowest BCUT2D eigenvalue weighted by atomic mass is 10.1. The Hall–Kier alpha value is -0.710. The highest BCUT2D eigenvalue weighted by Gasteiger charge is 2.37. The summed E-state index contributed by atoms with van der Waals surface area (Å²) in [5.41, 5.74) is 0. The second kappa shape index (κ2) is 3.13. The number of esters is 1. The van der Waals surface area contributed by atoms with Crippen molar-refractivity contribution in [3.8, 4) is 0 Å². The van der Waals surface area contributed by atoms with E-state index >= 15 is 0 Å². The molecule has 0 bridgehead atoms. The van der Waals surface area contributed by atoms with Crippen LogP contribution in [0.4, 0.5) is 0 Å². The number of aliphatic carboxylic acids is 1. The van der Waals surface area contributed by atoms with Gasteiger partial charge in [0.1, 0.15) is 0 Å². The van der Waals surface area contributed by atoms with E-state index in [1.807, 2.05) is 0 Å². The van der Waals surface area contributed by atoms with Crippen LogP contribution < -0.4 is 0 Å². The van der Waals surface area contributed by atoms with E-state index in [0.29, 0.717) is 5.75 Å². The molecule has 0 amide bonds. The van der Waals surface area contributed by atoms with Gasteiger partial charge in [-0.05, 0) is 0 Å². The number of thiol groups is 1. The third kappa shape index (κ3) is 1.65. The zero-order chi connectivity index (χ0) is 8.43. The van der Waals surface area contributed by atoms with Crippen LogP contribution in [-0.4, -0.2) is 28.9 Å². The quantitative estimate of drug-likeness (QED) is 0.456. The topological polar surface area (TPSA) is 63.6 Å². The fraction of sp³-hybridized carbons (Fsp3) is 0.667. The van der Waals surface area contributed by atoms with Crippen LogP contribution in [0.25, 0.3) is 0 Å². The Morgan fingerprint density at radius 1 is 1.82 bits per heavy atom. The number of hydrogen-bond donors (Lipinski definition) is 2. The molecule has 0 aliphatic carbocycles. The Morgan fingerprint density at radius 2 is 2.45 bits per heavy atom. The van der Waals surface area contributed by atoms with Crippen molar-refractivity contribution >= 4 is 24.6 Å². The average molecular weight is 176 g/mol. The largest absolute Gasteiger partial charge is 0.479 e. The van der Waals surface area contributed by atoms with Crippen LogP contribution in [0.5, 0.6) is 0 Å². The molecular formula is C6H8O4S. The van der Waals surface area contributed by atoms with Crippen molar-refractivity contribution < 1.29 is 19.4 Å². The molecule has 0 spiro atoms. The summed E-state index contributed by atoms with van der Waals surface area (Å²) in [6, 6.07) is 0. The zero-order valence-electron chi connectivity index (χ0n) is 5.69. The maximum Gasteiger partial charge on any atom is 0.345 e. The number of carboxylic acid groups (broad SMARTS) is 1. The molecule has 5 heteroatoms. The van der Waals surface area contributed by atoms with Gasteiger partial charge in [0.05, 0.1) is 5.92 Å². The summed E-state index contributed by atoms with van der Waals surface area (Å²) < 4.78 is 4.54. The van der Waals surface area contributed by atoms with Gasteiger partial charge in [-0.25, -0.2) is 4.79 Å². The van der Waals surface area contributed by atoms with Crippen LogP contribution in [0.15, 0.2) is 0 Å². The minimum absolute atomic E-state index is 0.248. The predicted molar refractivity (Wildman–Crippen MR) is 39.5 cm³/mol. The van der Waals surface area contributed by atoms with Crippen molar-refractivity contribution in [3.63, 3.8) is 0 Å². The molecule has 2 atom stereocenters. The number of carboxylic acids is 1. The first-order valence-corrected chi connectivity index (χ1v) is 3.82. The van der Waals surface area contributed by atoms with Crippen LogP contribution in [0.2, 0.25) is 0 Å². The summed E-state index contributed by atoms with van der Waals surface area (Å²) in [7, 11) is 0. The molecule has 1 fully saturated rings. The highest BCUT2D eigenvalue weighted by atomic mass is 32.1. The Morgan fingerprint density at radius 3 is 2.73 bits per heavy atom. The van der Waals surface area contributed by atoms with Gasteiger partial charge in [-0.2, -0.15) is 12.6 Å². The van der Waals surface area contributed by atoms with Gasteiger partial charge in [0, 0.05) is 12.2 Å². The average Bonchev–Trinajstić information content (AvgIpc) is 2.31. The van der Waals surface area contributed by atoms with Gasteiger partial charge in [0.2, 0.25) is 0 Å². The number of cyclic esters (lactones) is 1. The maximum atomic E-state index is 10.8. The molecule has 0 aromatic carbocycles. The molecule has 1 aliphatic heterocycles. The summed E-state index contributed by atoms with van der Waals surface area (Å²) in [6.07, 6.45) is -0.711. The molecule has 0 aromatic heterocycles. The first-order chi connectivity index (χ1) is 5.15. The Kier molecular flexibility index (Phi) is 2.38. The van der Waals surface area contributed by atoms with Crippen molar-refractivity contribution in [2.24, 2.45) is 5.92 Å². The van der Waals surface area contributed by atoms with Crippen LogP contribution in [0, 0.1) is 5.92 Å². The van der Waals surface area contributed by atoms with E-state index in [4.69, 9.17) is 5.11 Å². The van der Waals surface area contributed by atoms with Crippen molar-refractivity contribution in [3.05, 3.63) is 0 Å². The van der Waals surface area contributed by atoms with Gasteiger partial charge in [0.15, 0.2) is 6.10 Å². The SMILES string of the molecule is O=C1O[C@@H](C(=O)O)C[C@@H]1CS. The number of carbonyl (C=O) groups is 2. The summed E-state index contributed by atoms with van der Waals surface area (Å²) in [4.78, 5) is 21.1. The zero-order valence-corrected chi connectivity index (χ0v) is 6.58. The minimum atomic E-state index is -1.08. The first-order valence-electron chi connectivity index (χ1n) is 3.19. The normalized spacial score (nSPS) is 30.1. The van der Waals surface area contributed by atoms with E-state index in [-0.39, 0.29) is 12.3 Å². The van der Waals surface area contributed by atoms with E-state index in [9.17, 15) is 9.59 Å². The molecule has 11 heavy (non-hydrogen) atoms. The fourth-order valence-electron chi connectivity index (χ4n) is 0.939. The monoisotopic (exact) mass is 176 g/mol. The summed E-state index contributed by atoms with van der Waals surface area (Å²) in [5.74, 6) is -1.53. The standard InChI is InChI=1S/C6H8O4S/c7-5(8)4-1-3(2-11)6(9)10-4/h3-4,11H,1-2H2,(H,7,8)/t3-,4-/m1/s1. The number of hydrogen-bond acceptors (Lipinski definition) is 4. The van der Waals surface area contributed by atoms with E-state index < -0.39 is 18.0 Å². The van der Waals surface area contributed by atoms with Crippen molar-refractivity contribution in [2.45, 2.75) is 12.5 Å². The van der Waals surface area contributed by atoms with Crippen LogP contribution in [-0.2, 0) is 14.3 Å². The molecule has 0 aromatic rings. The van der Waals surface area contributed by atoms with Gasteiger partial charge in [0.25, 0.3) is 0 Å². The van der Waals surface area contributed by atoms with Crippen LogP contribution in [0.1, 0.15) is 6.42 Å².